The third kappa shape index (κ3) is 10.6. The van der Waals surface area contributed by atoms with Crippen LogP contribution in [0.5, 0.6) is 0 Å². The summed E-state index contributed by atoms with van der Waals surface area (Å²) in [5, 5.41) is 18.6. The Hall–Kier alpha value is -6.58. The smallest absolute Gasteiger partial charge is 0.338 e. The van der Waals surface area contributed by atoms with Crippen LogP contribution in [0.15, 0.2) is 88.1 Å². The second-order valence-corrected chi connectivity index (χ2v) is 17.3. The SMILES string of the molecule is C.CN(C)C(=O)c1cc2c(n1C1CCCC1)NC(Nc1ccc(C(=O)OC(C)(C)C)cc1)N=C2.CNC(=O)C1=CC2=CNC(Nc3ccc(C(=O)NC)cc3)=NC2N1C1CCCC1. The standard InChI is InChI=1S/C25H33N5O3.C21H26N6O2.CH4/c1-25(2,3)33-23(32)16-10-12-18(13-11-16)27-24-26-15-17-14-20(22(31)29(4)5)30(21(17)28-24)19-8-6-7-9-19;1-22-19(28)13-7-9-15(10-8-13)25-21-24-12-14-11-17(20(29)23-2)27(18(14)26-21)16-5-3-4-6-16;/h10-15,19,24,27-28H,6-9H2,1-5H3;7-12,16,18H,3-6H2,1-2H3,(H,22,28)(H,23,29)(H2,24,25,26);1H4. The Morgan fingerprint density at radius 2 is 1.43 bits per heavy atom. The van der Waals surface area contributed by atoms with Crippen LogP contribution in [0.3, 0.4) is 0 Å². The lowest BCUT2D eigenvalue weighted by atomic mass is 10.1. The molecule has 1 aromatic heterocycles. The van der Waals surface area contributed by atoms with Crippen LogP contribution in [0, 0.1) is 0 Å². The van der Waals surface area contributed by atoms with E-state index in [0.29, 0.717) is 40.6 Å². The number of hydrogen-bond donors (Lipinski definition) is 6. The Labute approximate surface area is 370 Å². The number of fused-ring (bicyclic) bond motifs is 2. The predicted molar refractivity (Wildman–Crippen MR) is 249 cm³/mol. The summed E-state index contributed by atoms with van der Waals surface area (Å²) in [7, 11) is 6.82. The van der Waals surface area contributed by atoms with Crippen LogP contribution in [0.2, 0.25) is 0 Å². The van der Waals surface area contributed by atoms with E-state index in [1.165, 1.54) is 25.7 Å². The summed E-state index contributed by atoms with van der Waals surface area (Å²) in [5.74, 6) is 0.976. The normalized spacial score (nSPS) is 19.0. The van der Waals surface area contributed by atoms with Crippen molar-refractivity contribution in [3.05, 3.63) is 101 Å². The quantitative estimate of drug-likeness (QED) is 0.127. The molecular formula is C47H63N11O5. The van der Waals surface area contributed by atoms with E-state index in [1.807, 2.05) is 69.6 Å². The number of aromatic nitrogens is 1. The summed E-state index contributed by atoms with van der Waals surface area (Å²) < 4.78 is 7.59. The molecule has 2 fully saturated rings. The number of hydrogen-bond acceptors (Lipinski definition) is 12. The number of ether oxygens (including phenoxy) is 1. The first kappa shape index (κ1) is 45.9. The second kappa shape index (κ2) is 19.6. The van der Waals surface area contributed by atoms with E-state index in [1.54, 1.807) is 57.4 Å². The number of carbonyl (C=O) groups excluding carboxylic acids is 4. The van der Waals surface area contributed by atoms with E-state index in [9.17, 15) is 19.2 Å². The van der Waals surface area contributed by atoms with Crippen LogP contribution in [0.1, 0.15) is 122 Å². The van der Waals surface area contributed by atoms with Crippen molar-refractivity contribution < 1.29 is 23.9 Å². The molecule has 16 heteroatoms. The predicted octanol–water partition coefficient (Wildman–Crippen LogP) is 6.65. The van der Waals surface area contributed by atoms with Gasteiger partial charge in [0.15, 0.2) is 12.5 Å². The molecule has 2 unspecified atom stereocenters. The summed E-state index contributed by atoms with van der Waals surface area (Å²) in [6, 6.07) is 16.9. The topological polar surface area (TPSA) is 186 Å². The number of aliphatic imine (C=N–C) groups is 2. The average molecular weight is 862 g/mol. The molecule has 2 aromatic carbocycles. The van der Waals surface area contributed by atoms with Gasteiger partial charge in [-0.15, -0.1) is 0 Å². The molecule has 16 nitrogen and oxygen atoms in total. The van der Waals surface area contributed by atoms with E-state index in [4.69, 9.17) is 9.73 Å². The molecule has 0 saturated heterocycles. The Morgan fingerprint density at radius 1 is 0.825 bits per heavy atom. The van der Waals surface area contributed by atoms with Gasteiger partial charge in [-0.3, -0.25) is 14.4 Å². The fourth-order valence-electron chi connectivity index (χ4n) is 8.43. The van der Waals surface area contributed by atoms with Crippen LogP contribution in [-0.4, -0.2) is 103 Å². The zero-order valence-corrected chi connectivity index (χ0v) is 36.7. The van der Waals surface area contributed by atoms with Crippen molar-refractivity contribution in [2.75, 3.05) is 44.1 Å². The number of benzene rings is 2. The number of anilines is 3. The molecular weight excluding hydrogens is 799 g/mol. The van der Waals surface area contributed by atoms with Gasteiger partial charge in [-0.2, -0.15) is 0 Å². The van der Waals surface area contributed by atoms with E-state index in [0.717, 1.165) is 54.0 Å². The molecule has 0 bridgehead atoms. The molecule has 5 aliphatic rings. The third-order valence-corrected chi connectivity index (χ3v) is 11.4. The molecule has 6 N–H and O–H groups in total. The van der Waals surface area contributed by atoms with E-state index in [-0.39, 0.29) is 43.6 Å². The second-order valence-electron chi connectivity index (χ2n) is 17.3. The lowest BCUT2D eigenvalue weighted by Crippen LogP contribution is -2.44. The Morgan fingerprint density at radius 3 is 2.03 bits per heavy atom. The monoisotopic (exact) mass is 862 g/mol. The minimum Gasteiger partial charge on any atom is -0.456 e. The summed E-state index contributed by atoms with van der Waals surface area (Å²) in [5.41, 5.74) is 5.49. The maximum atomic E-state index is 12.9. The molecule has 8 rings (SSSR count). The summed E-state index contributed by atoms with van der Waals surface area (Å²) in [6.07, 6.45) is 14.0. The number of nitrogens with one attached hydrogen (secondary N) is 6. The Kier molecular flexibility index (Phi) is 14.3. The molecule has 0 spiro atoms. The van der Waals surface area contributed by atoms with Crippen molar-refractivity contribution in [1.82, 2.24) is 30.3 Å². The van der Waals surface area contributed by atoms with Crippen molar-refractivity contribution in [2.24, 2.45) is 9.98 Å². The number of amides is 3. The molecule has 2 aliphatic carbocycles. The van der Waals surface area contributed by atoms with E-state index < -0.39 is 5.60 Å². The van der Waals surface area contributed by atoms with Crippen LogP contribution >= 0.6 is 0 Å². The van der Waals surface area contributed by atoms with Crippen LogP contribution in [0.4, 0.5) is 17.2 Å². The van der Waals surface area contributed by atoms with E-state index in [2.05, 4.69) is 46.4 Å². The van der Waals surface area contributed by atoms with Gasteiger partial charge >= 0.3 is 5.97 Å². The highest BCUT2D eigenvalue weighted by Crippen LogP contribution is 2.38. The lowest BCUT2D eigenvalue weighted by molar-refractivity contribution is -0.118. The fourth-order valence-corrected chi connectivity index (χ4v) is 8.43. The molecule has 3 amide bonds. The van der Waals surface area contributed by atoms with Crippen molar-refractivity contribution in [3.8, 4) is 0 Å². The summed E-state index contributed by atoms with van der Waals surface area (Å²) >= 11 is 0. The van der Waals surface area contributed by atoms with Gasteiger partial charge in [0.2, 0.25) is 5.96 Å². The number of likely N-dealkylation sites (N-methyl/N-ethyl adjacent to an activating group) is 1. The summed E-state index contributed by atoms with van der Waals surface area (Å²) in [6.45, 7) is 5.54. The molecule has 2 saturated carbocycles. The van der Waals surface area contributed by atoms with Gasteiger partial charge in [-0.1, -0.05) is 33.1 Å². The maximum absolute atomic E-state index is 12.9. The van der Waals surface area contributed by atoms with Gasteiger partial charge in [0.05, 0.1) is 5.56 Å². The minimum absolute atomic E-state index is 0. The highest BCUT2D eigenvalue weighted by molar-refractivity contribution is 6.00. The zero-order chi connectivity index (χ0) is 44.1. The van der Waals surface area contributed by atoms with Gasteiger partial charge in [-0.05, 0) is 107 Å². The van der Waals surface area contributed by atoms with Gasteiger partial charge in [0, 0.05) is 80.8 Å². The molecule has 3 aliphatic heterocycles. The Balaban J connectivity index is 0.000000208. The van der Waals surface area contributed by atoms with Crippen molar-refractivity contribution >= 4 is 53.1 Å². The van der Waals surface area contributed by atoms with Gasteiger partial charge in [0.1, 0.15) is 22.8 Å². The first-order valence-corrected chi connectivity index (χ1v) is 21.4. The van der Waals surface area contributed by atoms with Crippen LogP contribution in [0.25, 0.3) is 0 Å². The van der Waals surface area contributed by atoms with Gasteiger partial charge < -0.3 is 51.0 Å². The first-order valence-electron chi connectivity index (χ1n) is 21.4. The number of nitrogens with zero attached hydrogens (tertiary/aromatic N) is 5. The third-order valence-electron chi connectivity index (χ3n) is 11.4. The largest absolute Gasteiger partial charge is 0.456 e. The molecule has 0 radical (unpaired) electrons. The van der Waals surface area contributed by atoms with Gasteiger partial charge in [-0.25, -0.2) is 14.8 Å². The van der Waals surface area contributed by atoms with Crippen LogP contribution in [-0.2, 0) is 9.53 Å². The summed E-state index contributed by atoms with van der Waals surface area (Å²) in [4.78, 5) is 62.5. The molecule has 2 atom stereocenters. The molecule has 336 valence electrons. The molecule has 63 heavy (non-hydrogen) atoms. The van der Waals surface area contributed by atoms with Crippen molar-refractivity contribution in [3.63, 3.8) is 0 Å². The van der Waals surface area contributed by atoms with Gasteiger partial charge in [0.25, 0.3) is 17.7 Å². The van der Waals surface area contributed by atoms with Crippen molar-refractivity contribution in [2.45, 2.75) is 110 Å². The number of rotatable bonds is 9. The highest BCUT2D eigenvalue weighted by atomic mass is 16.6. The molecule has 3 aromatic rings. The fraction of sp³-hybridized carbons (Fsp3) is 0.447. The number of carbonyl (C=O) groups is 4. The van der Waals surface area contributed by atoms with Crippen LogP contribution < -0.4 is 31.9 Å². The first-order chi connectivity index (χ1) is 29.7. The number of esters is 1. The lowest BCUT2D eigenvalue weighted by Gasteiger charge is -2.34. The zero-order valence-electron chi connectivity index (χ0n) is 36.7. The maximum Gasteiger partial charge on any atom is 0.338 e. The van der Waals surface area contributed by atoms with Crippen molar-refractivity contribution in [1.29, 1.82) is 0 Å². The minimum atomic E-state index is -0.534. The molecule has 4 heterocycles. The average Bonchev–Trinajstić information content (AvgIpc) is 4.09. The van der Waals surface area contributed by atoms with E-state index >= 15 is 0 Å². The number of guanidine groups is 1. The highest BCUT2D eigenvalue weighted by Gasteiger charge is 2.40. The Bertz CT molecular complexity index is 2270.